The number of ether oxygens (including phenoxy) is 1. The van der Waals surface area contributed by atoms with Crippen LogP contribution in [0.5, 0.6) is 5.75 Å². The summed E-state index contributed by atoms with van der Waals surface area (Å²) in [4.78, 5) is 12.7. The van der Waals surface area contributed by atoms with E-state index in [1.54, 1.807) is 6.07 Å². The maximum atomic E-state index is 12.7. The molecule has 4 heteroatoms. The largest absolute Gasteiger partial charge is 0.490 e. The molecule has 1 unspecified atom stereocenters. The molecule has 4 fully saturated rings. The molecule has 0 heterocycles. The Labute approximate surface area is 197 Å². The van der Waals surface area contributed by atoms with E-state index >= 15 is 0 Å². The van der Waals surface area contributed by atoms with Gasteiger partial charge in [-0.3, -0.25) is 4.79 Å². The third-order valence-corrected chi connectivity index (χ3v) is 8.36. The van der Waals surface area contributed by atoms with Crippen LogP contribution < -0.4 is 10.1 Å². The highest BCUT2D eigenvalue weighted by molar-refractivity contribution is 5.96. The highest BCUT2D eigenvalue weighted by atomic mass is 16.5. The van der Waals surface area contributed by atoms with Crippen molar-refractivity contribution >= 4 is 5.91 Å². The third-order valence-electron chi connectivity index (χ3n) is 8.36. The van der Waals surface area contributed by atoms with Gasteiger partial charge in [-0.05, 0) is 98.7 Å². The van der Waals surface area contributed by atoms with Gasteiger partial charge in [-0.2, -0.15) is 0 Å². The van der Waals surface area contributed by atoms with Crippen molar-refractivity contribution in [3.05, 3.63) is 65.7 Å². The van der Waals surface area contributed by atoms with E-state index in [1.165, 1.54) is 37.7 Å². The summed E-state index contributed by atoms with van der Waals surface area (Å²) in [6.45, 7) is 0.812. The van der Waals surface area contributed by atoms with E-state index in [0.717, 1.165) is 48.9 Å². The van der Waals surface area contributed by atoms with E-state index < -0.39 is 6.10 Å². The van der Waals surface area contributed by atoms with Crippen LogP contribution in [0.15, 0.2) is 54.6 Å². The summed E-state index contributed by atoms with van der Waals surface area (Å²) < 4.78 is 5.93. The number of carbonyl (C=O) groups is 1. The molecule has 6 rings (SSSR count). The first-order chi connectivity index (χ1) is 16.2. The van der Waals surface area contributed by atoms with Crippen molar-refractivity contribution in [3.8, 4) is 5.75 Å². The molecule has 33 heavy (non-hydrogen) atoms. The van der Waals surface area contributed by atoms with Gasteiger partial charge in [-0.25, -0.2) is 0 Å². The van der Waals surface area contributed by atoms with Crippen molar-refractivity contribution in [2.45, 2.75) is 57.5 Å². The molecule has 0 saturated heterocycles. The number of aliphatic hydroxyl groups excluding tert-OH is 1. The van der Waals surface area contributed by atoms with E-state index in [2.05, 4.69) is 17.4 Å². The molecule has 0 spiro atoms. The number of rotatable bonds is 10. The highest BCUT2D eigenvalue weighted by Gasteiger charge is 2.47. The predicted molar refractivity (Wildman–Crippen MR) is 130 cm³/mol. The Bertz CT molecular complexity index is 899. The molecule has 176 valence electrons. The molecule has 4 aliphatic carbocycles. The number of benzene rings is 2. The van der Waals surface area contributed by atoms with Gasteiger partial charge < -0.3 is 15.2 Å². The van der Waals surface area contributed by atoms with Crippen LogP contribution in [0.1, 0.15) is 60.9 Å². The lowest BCUT2D eigenvalue weighted by molar-refractivity contribution is -0.0453. The molecule has 4 aliphatic rings. The van der Waals surface area contributed by atoms with Gasteiger partial charge >= 0.3 is 0 Å². The Morgan fingerprint density at radius 1 is 0.939 bits per heavy atom. The van der Waals surface area contributed by atoms with Gasteiger partial charge in [-0.15, -0.1) is 0 Å². The maximum absolute atomic E-state index is 12.7. The van der Waals surface area contributed by atoms with E-state index in [1.807, 2.05) is 36.4 Å². The molecule has 0 aromatic heterocycles. The van der Waals surface area contributed by atoms with Crippen LogP contribution in [0.25, 0.3) is 0 Å². The number of hydrogen-bond acceptors (Lipinski definition) is 3. The van der Waals surface area contributed by atoms with Crippen molar-refractivity contribution in [2.24, 2.45) is 29.6 Å². The molecule has 0 radical (unpaired) electrons. The Morgan fingerprint density at radius 3 is 2.33 bits per heavy atom. The summed E-state index contributed by atoms with van der Waals surface area (Å²) in [6.07, 6.45) is 9.40. The monoisotopic (exact) mass is 447 g/mol. The minimum Gasteiger partial charge on any atom is -0.490 e. The van der Waals surface area contributed by atoms with Crippen molar-refractivity contribution in [1.82, 2.24) is 5.32 Å². The Hall–Kier alpha value is -2.33. The molecule has 2 N–H and O–H groups in total. The molecule has 2 aromatic rings. The molecular formula is C29H37NO3. The number of aliphatic hydroxyl groups is 1. The quantitative estimate of drug-likeness (QED) is 0.523. The second-order valence-electron chi connectivity index (χ2n) is 10.6. The van der Waals surface area contributed by atoms with Crippen LogP contribution in [-0.2, 0) is 6.42 Å². The summed E-state index contributed by atoms with van der Waals surface area (Å²) in [6, 6.07) is 17.5. The van der Waals surface area contributed by atoms with Crippen molar-refractivity contribution < 1.29 is 14.6 Å². The number of hydrogen-bond donors (Lipinski definition) is 2. The summed E-state index contributed by atoms with van der Waals surface area (Å²) in [5.74, 6) is 4.99. The molecule has 2 aromatic carbocycles. The second kappa shape index (κ2) is 10.3. The van der Waals surface area contributed by atoms with Crippen LogP contribution in [0.4, 0.5) is 0 Å². The lowest BCUT2D eigenvalue weighted by atomic mass is 9.51. The molecule has 0 aliphatic heterocycles. The van der Waals surface area contributed by atoms with E-state index in [9.17, 15) is 9.90 Å². The number of para-hydroxylation sites is 1. The number of nitrogens with one attached hydrogen (secondary N) is 1. The average Bonchev–Trinajstić information content (AvgIpc) is 2.82. The van der Waals surface area contributed by atoms with E-state index in [-0.39, 0.29) is 12.5 Å². The average molecular weight is 448 g/mol. The topological polar surface area (TPSA) is 58.6 Å². The molecule has 4 bridgehead atoms. The first kappa shape index (κ1) is 22.5. The van der Waals surface area contributed by atoms with Gasteiger partial charge in [-0.1, -0.05) is 42.5 Å². The predicted octanol–water partition coefficient (Wildman–Crippen LogP) is 5.25. The summed E-state index contributed by atoms with van der Waals surface area (Å²) >= 11 is 0. The first-order valence-electron chi connectivity index (χ1n) is 12.9. The first-order valence-corrected chi connectivity index (χ1v) is 12.9. The molecule has 1 atom stereocenters. The normalized spacial score (nSPS) is 28.5. The maximum Gasteiger partial charge on any atom is 0.255 e. The fraction of sp³-hybridized carbons (Fsp3) is 0.552. The zero-order valence-electron chi connectivity index (χ0n) is 19.5. The Morgan fingerprint density at radius 2 is 1.61 bits per heavy atom. The summed E-state index contributed by atoms with van der Waals surface area (Å²) in [5, 5.41) is 13.6. The van der Waals surface area contributed by atoms with E-state index in [4.69, 9.17) is 4.74 Å². The third kappa shape index (κ3) is 5.43. The number of amides is 1. The van der Waals surface area contributed by atoms with Crippen LogP contribution in [0, 0.1) is 29.6 Å². The molecule has 4 nitrogen and oxygen atoms in total. The van der Waals surface area contributed by atoms with Gasteiger partial charge in [0, 0.05) is 6.54 Å². The van der Waals surface area contributed by atoms with Crippen LogP contribution >= 0.6 is 0 Å². The lowest BCUT2D eigenvalue weighted by Gasteiger charge is -2.54. The van der Waals surface area contributed by atoms with Crippen molar-refractivity contribution in [2.75, 3.05) is 13.2 Å². The zero-order valence-corrected chi connectivity index (χ0v) is 19.5. The number of carbonyl (C=O) groups excluding carboxylic acids is 1. The van der Waals surface area contributed by atoms with Gasteiger partial charge in [0.1, 0.15) is 12.4 Å². The lowest BCUT2D eigenvalue weighted by Crippen LogP contribution is -2.45. The van der Waals surface area contributed by atoms with Crippen molar-refractivity contribution in [3.63, 3.8) is 0 Å². The van der Waals surface area contributed by atoms with Crippen LogP contribution in [0.3, 0.4) is 0 Å². The standard InChI is InChI=1S/C29H37NO3/c31-25(10-11-26-23-15-21-14-22(17-23)18-24(26)16-21)19-33-28-9-5-4-8-27(28)29(32)30-13-12-20-6-2-1-3-7-20/h1-9,21-26,31H,10-19H2,(H,30,32). The Kier molecular flexibility index (Phi) is 7.01. The fourth-order valence-electron chi connectivity index (χ4n) is 7.00. The van der Waals surface area contributed by atoms with E-state index in [0.29, 0.717) is 17.9 Å². The van der Waals surface area contributed by atoms with Crippen LogP contribution in [-0.4, -0.2) is 30.3 Å². The molecule has 1 amide bonds. The molecule has 4 saturated carbocycles. The SMILES string of the molecule is O=C(NCCc1ccccc1)c1ccccc1OCC(O)CCC1C2CC3CC(C2)CC1C3. The minimum atomic E-state index is -0.489. The highest BCUT2D eigenvalue weighted by Crippen LogP contribution is 2.57. The molecular weight excluding hydrogens is 410 g/mol. The minimum absolute atomic E-state index is 0.135. The van der Waals surface area contributed by atoms with Gasteiger partial charge in [0.15, 0.2) is 0 Å². The zero-order chi connectivity index (χ0) is 22.6. The van der Waals surface area contributed by atoms with Gasteiger partial charge in [0.2, 0.25) is 0 Å². The van der Waals surface area contributed by atoms with Crippen LogP contribution in [0.2, 0.25) is 0 Å². The van der Waals surface area contributed by atoms with Crippen molar-refractivity contribution in [1.29, 1.82) is 0 Å². The Balaban J connectivity index is 1.08. The smallest absolute Gasteiger partial charge is 0.255 e. The summed E-state index contributed by atoms with van der Waals surface area (Å²) in [7, 11) is 0. The van der Waals surface area contributed by atoms with Gasteiger partial charge in [0.25, 0.3) is 5.91 Å². The fourth-order valence-corrected chi connectivity index (χ4v) is 7.00. The summed E-state index contributed by atoms with van der Waals surface area (Å²) in [5.41, 5.74) is 1.73. The second-order valence-corrected chi connectivity index (χ2v) is 10.6. The van der Waals surface area contributed by atoms with Gasteiger partial charge in [0.05, 0.1) is 11.7 Å².